The molecule has 0 aliphatic carbocycles. The second kappa shape index (κ2) is 17.3. The largest absolute Gasteiger partial charge is 0.497 e. The number of methoxy groups -OCH3 is 2. The molecular weight excluding hydrogens is 656 g/mol. The maximum Gasteiger partial charge on any atom is 0.262 e. The summed E-state index contributed by atoms with van der Waals surface area (Å²) < 4.78 is 12.7. The minimum absolute atomic E-state index is 0.120. The van der Waals surface area contributed by atoms with E-state index in [1.807, 2.05) is 60.8 Å². The van der Waals surface area contributed by atoms with Gasteiger partial charge in [0, 0.05) is 36.5 Å². The number of aromatic nitrogens is 4. The quantitative estimate of drug-likeness (QED) is 0.102. The van der Waals surface area contributed by atoms with E-state index in [0.717, 1.165) is 53.2 Å². The van der Waals surface area contributed by atoms with Gasteiger partial charge in [-0.2, -0.15) is 5.26 Å². The van der Waals surface area contributed by atoms with Crippen LogP contribution in [0, 0.1) is 11.3 Å². The highest BCUT2D eigenvalue weighted by molar-refractivity contribution is 6.03. The first-order valence-corrected chi connectivity index (χ1v) is 17.6. The number of H-pyrrole nitrogens is 1. The van der Waals surface area contributed by atoms with Crippen molar-refractivity contribution in [2.24, 2.45) is 0 Å². The van der Waals surface area contributed by atoms with Crippen molar-refractivity contribution < 1.29 is 19.1 Å². The average Bonchev–Trinajstić information content (AvgIpc) is 3.79. The van der Waals surface area contributed by atoms with Crippen LogP contribution in [0.5, 0.6) is 11.5 Å². The zero-order valence-corrected chi connectivity index (χ0v) is 29.6. The zero-order chi connectivity index (χ0) is 36.3. The van der Waals surface area contributed by atoms with E-state index in [0.29, 0.717) is 36.5 Å². The number of hydrogen-bond acceptors (Lipinski definition) is 8. The third-order valence-electron chi connectivity index (χ3n) is 9.40. The van der Waals surface area contributed by atoms with E-state index >= 15 is 0 Å². The Balaban J connectivity index is 1.26. The predicted molar refractivity (Wildman–Crippen MR) is 199 cm³/mol. The van der Waals surface area contributed by atoms with Crippen molar-refractivity contribution in [1.29, 1.82) is 5.26 Å². The molecule has 3 N–H and O–H groups in total. The van der Waals surface area contributed by atoms with Crippen LogP contribution in [0.1, 0.15) is 53.6 Å². The molecule has 0 bridgehead atoms. The molecule has 1 aliphatic rings. The highest BCUT2D eigenvalue weighted by atomic mass is 16.5. The minimum atomic E-state index is -0.649. The molecule has 3 heterocycles. The fourth-order valence-electron chi connectivity index (χ4n) is 6.56. The van der Waals surface area contributed by atoms with Crippen molar-refractivity contribution in [3.63, 3.8) is 0 Å². The topological polar surface area (TPSA) is 150 Å². The third-order valence-corrected chi connectivity index (χ3v) is 9.40. The Morgan fingerprint density at radius 2 is 1.67 bits per heavy atom. The molecule has 0 unspecified atom stereocenters. The molecular formula is C40H44N8O4. The number of benzene rings is 3. The zero-order valence-electron chi connectivity index (χ0n) is 29.6. The van der Waals surface area contributed by atoms with Crippen molar-refractivity contribution >= 4 is 28.8 Å². The van der Waals surface area contributed by atoms with Crippen LogP contribution in [0.4, 0.5) is 0 Å². The summed E-state index contributed by atoms with van der Waals surface area (Å²) in [7, 11) is 3.21. The van der Waals surface area contributed by atoms with Crippen molar-refractivity contribution in [1.82, 2.24) is 35.3 Å². The molecule has 0 radical (unpaired) electrons. The van der Waals surface area contributed by atoms with E-state index in [2.05, 4.69) is 25.1 Å². The van der Waals surface area contributed by atoms with Gasteiger partial charge in [-0.15, -0.1) is 10.2 Å². The molecule has 1 atom stereocenters. The summed E-state index contributed by atoms with van der Waals surface area (Å²) in [4.78, 5) is 32.4. The summed E-state index contributed by atoms with van der Waals surface area (Å²) in [6.07, 6.45) is 8.23. The van der Waals surface area contributed by atoms with Gasteiger partial charge < -0.3 is 34.6 Å². The molecule has 12 heteroatoms. The van der Waals surface area contributed by atoms with E-state index in [-0.39, 0.29) is 12.1 Å². The van der Waals surface area contributed by atoms with Crippen molar-refractivity contribution in [3.05, 3.63) is 113 Å². The van der Waals surface area contributed by atoms with Gasteiger partial charge in [0.2, 0.25) is 5.91 Å². The number of fused-ring (bicyclic) bond motifs is 1. The molecule has 268 valence electrons. The second-order valence-electron chi connectivity index (χ2n) is 12.9. The highest BCUT2D eigenvalue weighted by Gasteiger charge is 2.26. The molecule has 0 saturated carbocycles. The molecule has 3 aromatic carbocycles. The molecule has 0 spiro atoms. The SMILES string of the molecule is COc1ccc(/C=C(\C#N)C(=O)NCC(=O)N[C@H](Cc2c[nH]c3ccccc23)c2nnc(CCN3CCCCC3)n2Cc2ccc(OC)cc2)cc1. The number of rotatable bonds is 15. The fraction of sp³-hybridized carbons (Fsp3) is 0.325. The number of carbonyl (C=O) groups excluding carboxylic acids is 2. The summed E-state index contributed by atoms with van der Waals surface area (Å²) >= 11 is 0. The number of nitrogens with one attached hydrogen (secondary N) is 3. The number of hydrogen-bond donors (Lipinski definition) is 3. The molecule has 1 fully saturated rings. The lowest BCUT2D eigenvalue weighted by atomic mass is 10.0. The lowest BCUT2D eigenvalue weighted by Gasteiger charge is -2.26. The molecule has 52 heavy (non-hydrogen) atoms. The van der Waals surface area contributed by atoms with Gasteiger partial charge in [0.25, 0.3) is 5.91 Å². The molecule has 1 saturated heterocycles. The third kappa shape index (κ3) is 9.04. The second-order valence-corrected chi connectivity index (χ2v) is 12.9. The number of likely N-dealkylation sites (tertiary alicyclic amines) is 1. The summed E-state index contributed by atoms with van der Waals surface area (Å²) in [6.45, 7) is 3.19. The Labute approximate surface area is 303 Å². The predicted octanol–water partition coefficient (Wildman–Crippen LogP) is 4.98. The number of piperidine rings is 1. The molecule has 1 aliphatic heterocycles. The number of aromatic amines is 1. The summed E-state index contributed by atoms with van der Waals surface area (Å²) in [5.74, 6) is 1.81. The average molecular weight is 701 g/mol. The molecule has 6 rings (SSSR count). The molecule has 2 amide bonds. The number of ether oxygens (including phenoxy) is 2. The van der Waals surface area contributed by atoms with Gasteiger partial charge >= 0.3 is 0 Å². The number of para-hydroxylation sites is 1. The van der Waals surface area contributed by atoms with Gasteiger partial charge in [-0.1, -0.05) is 48.9 Å². The Kier molecular flexibility index (Phi) is 12.0. The van der Waals surface area contributed by atoms with E-state index in [9.17, 15) is 14.9 Å². The van der Waals surface area contributed by atoms with E-state index in [1.165, 1.54) is 25.3 Å². The maximum absolute atomic E-state index is 13.6. The van der Waals surface area contributed by atoms with Gasteiger partial charge in [0.05, 0.1) is 33.4 Å². The van der Waals surface area contributed by atoms with Crippen LogP contribution in [0.15, 0.2) is 84.6 Å². The first kappa shape index (κ1) is 35.9. The molecule has 12 nitrogen and oxygen atoms in total. The van der Waals surface area contributed by atoms with E-state index in [4.69, 9.17) is 19.7 Å². The van der Waals surface area contributed by atoms with Gasteiger partial charge in [-0.25, -0.2) is 0 Å². The standard InChI is InChI=1S/C40H44N8O4/c1-51-32-14-10-28(11-15-32)22-30(24-41)40(50)43-26-38(49)44-36(23-31-25-42-35-9-5-4-8-34(31)35)39-46-45-37(18-21-47-19-6-3-7-20-47)48(39)27-29-12-16-33(52-2)17-13-29/h4-5,8-17,22,25,36,42H,3,6-7,18-21,23,26-27H2,1-2H3,(H,43,50)(H,44,49)/b30-22+/t36-/m1/s1. The van der Waals surface area contributed by atoms with Crippen LogP contribution in [-0.2, 0) is 29.0 Å². The van der Waals surface area contributed by atoms with Crippen LogP contribution in [0.25, 0.3) is 17.0 Å². The van der Waals surface area contributed by atoms with Gasteiger partial charge in [-0.3, -0.25) is 9.59 Å². The fourth-order valence-corrected chi connectivity index (χ4v) is 6.56. The van der Waals surface area contributed by atoms with Crippen LogP contribution in [0.2, 0.25) is 0 Å². The monoisotopic (exact) mass is 700 g/mol. The highest BCUT2D eigenvalue weighted by Crippen LogP contribution is 2.26. The number of nitrogens with zero attached hydrogens (tertiary/aromatic N) is 5. The number of amides is 2. The van der Waals surface area contributed by atoms with Crippen LogP contribution in [0.3, 0.4) is 0 Å². The number of carbonyl (C=O) groups is 2. The molecule has 5 aromatic rings. The smallest absolute Gasteiger partial charge is 0.262 e. The van der Waals surface area contributed by atoms with Crippen LogP contribution >= 0.6 is 0 Å². The Morgan fingerprint density at radius 3 is 2.38 bits per heavy atom. The van der Waals surface area contributed by atoms with Gasteiger partial charge in [-0.05, 0) is 79.0 Å². The Morgan fingerprint density at radius 1 is 0.962 bits per heavy atom. The first-order valence-electron chi connectivity index (χ1n) is 17.6. The van der Waals surface area contributed by atoms with Gasteiger partial charge in [0.1, 0.15) is 29.0 Å². The Hall–Kier alpha value is -5.93. The lowest BCUT2D eigenvalue weighted by Crippen LogP contribution is -2.40. The van der Waals surface area contributed by atoms with Crippen LogP contribution < -0.4 is 20.1 Å². The normalized spacial score (nSPS) is 14.1. The van der Waals surface area contributed by atoms with E-state index < -0.39 is 17.9 Å². The number of nitriles is 1. The van der Waals surface area contributed by atoms with Crippen molar-refractivity contribution in [2.45, 2.75) is 44.7 Å². The summed E-state index contributed by atoms with van der Waals surface area (Å²) in [5, 5.41) is 25.9. The summed E-state index contributed by atoms with van der Waals surface area (Å²) in [6, 6.07) is 24.3. The Bertz CT molecular complexity index is 2040. The van der Waals surface area contributed by atoms with Crippen molar-refractivity contribution in [2.75, 3.05) is 40.4 Å². The lowest BCUT2D eigenvalue weighted by molar-refractivity contribution is -0.124. The van der Waals surface area contributed by atoms with Crippen molar-refractivity contribution in [3.8, 4) is 17.6 Å². The van der Waals surface area contributed by atoms with Gasteiger partial charge in [0.15, 0.2) is 5.82 Å². The van der Waals surface area contributed by atoms with Crippen LogP contribution in [-0.4, -0.2) is 76.9 Å². The first-order chi connectivity index (χ1) is 25.4. The molecule has 2 aromatic heterocycles. The maximum atomic E-state index is 13.6. The van der Waals surface area contributed by atoms with E-state index in [1.54, 1.807) is 38.5 Å². The summed E-state index contributed by atoms with van der Waals surface area (Å²) in [5.41, 5.74) is 3.57. The minimum Gasteiger partial charge on any atom is -0.497 e.